The summed E-state index contributed by atoms with van der Waals surface area (Å²) in [6, 6.07) is 6.54. The standard InChI is InChI=1S/C14H18ClN5S/c1-16-9-10-6-7-12(8-13(10)15)21-14-17-18-19-20(14)11-4-2-3-5-11/h6-8,11,16H,2-5,9H2,1H3. The maximum Gasteiger partial charge on any atom is 0.214 e. The first-order valence-corrected chi connectivity index (χ1v) is 8.36. The highest BCUT2D eigenvalue weighted by atomic mass is 35.5. The maximum absolute atomic E-state index is 6.30. The van der Waals surface area contributed by atoms with Gasteiger partial charge in [0, 0.05) is 16.5 Å². The highest BCUT2D eigenvalue weighted by Crippen LogP contribution is 2.34. The van der Waals surface area contributed by atoms with E-state index in [2.05, 4.69) is 26.9 Å². The summed E-state index contributed by atoms with van der Waals surface area (Å²) in [5.74, 6) is 0. The molecule has 1 aromatic carbocycles. The van der Waals surface area contributed by atoms with Crippen molar-refractivity contribution in [3.05, 3.63) is 28.8 Å². The van der Waals surface area contributed by atoms with Crippen LogP contribution in [0.2, 0.25) is 5.02 Å². The molecule has 0 aliphatic heterocycles. The quantitative estimate of drug-likeness (QED) is 0.914. The number of aromatic nitrogens is 4. The van der Waals surface area contributed by atoms with E-state index in [1.165, 1.54) is 25.7 Å². The van der Waals surface area contributed by atoms with Crippen molar-refractivity contribution in [2.45, 2.75) is 48.3 Å². The Morgan fingerprint density at radius 3 is 2.90 bits per heavy atom. The molecule has 1 N–H and O–H groups in total. The molecular formula is C14H18ClN5S. The lowest BCUT2D eigenvalue weighted by Crippen LogP contribution is -2.08. The van der Waals surface area contributed by atoms with Crippen molar-refractivity contribution < 1.29 is 0 Å². The van der Waals surface area contributed by atoms with Gasteiger partial charge in [0.2, 0.25) is 5.16 Å². The Bertz CT molecular complexity index is 609. The number of hydrogen-bond acceptors (Lipinski definition) is 5. The molecule has 1 fully saturated rings. The van der Waals surface area contributed by atoms with Gasteiger partial charge in [-0.15, -0.1) is 5.10 Å². The Hall–Kier alpha value is -1.11. The molecule has 7 heteroatoms. The van der Waals surface area contributed by atoms with Crippen molar-refractivity contribution in [1.29, 1.82) is 0 Å². The molecule has 112 valence electrons. The van der Waals surface area contributed by atoms with Crippen LogP contribution in [0.3, 0.4) is 0 Å². The van der Waals surface area contributed by atoms with Gasteiger partial charge in [-0.2, -0.15) is 0 Å². The first-order valence-electron chi connectivity index (χ1n) is 7.16. The monoisotopic (exact) mass is 323 g/mol. The van der Waals surface area contributed by atoms with Crippen molar-refractivity contribution >= 4 is 23.4 Å². The SMILES string of the molecule is CNCc1ccc(Sc2nnnn2C2CCCC2)cc1Cl. The lowest BCUT2D eigenvalue weighted by Gasteiger charge is -2.11. The van der Waals surface area contributed by atoms with Gasteiger partial charge in [-0.25, -0.2) is 4.68 Å². The Balaban J connectivity index is 1.77. The fraction of sp³-hybridized carbons (Fsp3) is 0.500. The van der Waals surface area contributed by atoms with Crippen molar-refractivity contribution in [3.63, 3.8) is 0 Å². The van der Waals surface area contributed by atoms with E-state index < -0.39 is 0 Å². The van der Waals surface area contributed by atoms with E-state index in [1.807, 2.05) is 23.9 Å². The Morgan fingerprint density at radius 2 is 2.19 bits per heavy atom. The largest absolute Gasteiger partial charge is 0.316 e. The van der Waals surface area contributed by atoms with Gasteiger partial charge in [-0.3, -0.25) is 0 Å². The second kappa shape index (κ2) is 6.77. The average Bonchev–Trinajstić information content (AvgIpc) is 3.12. The summed E-state index contributed by atoms with van der Waals surface area (Å²) in [7, 11) is 1.91. The molecule has 1 aromatic heterocycles. The molecule has 0 atom stereocenters. The van der Waals surface area contributed by atoms with Crippen molar-refractivity contribution in [2.75, 3.05) is 7.05 Å². The van der Waals surface area contributed by atoms with Crippen LogP contribution in [0.4, 0.5) is 0 Å². The smallest absolute Gasteiger partial charge is 0.214 e. The van der Waals surface area contributed by atoms with Crippen LogP contribution in [-0.4, -0.2) is 27.3 Å². The number of hydrogen-bond donors (Lipinski definition) is 1. The van der Waals surface area contributed by atoms with Crippen LogP contribution < -0.4 is 5.32 Å². The van der Waals surface area contributed by atoms with Gasteiger partial charge in [0.05, 0.1) is 6.04 Å². The lowest BCUT2D eigenvalue weighted by molar-refractivity contribution is 0.423. The van der Waals surface area contributed by atoms with E-state index in [1.54, 1.807) is 11.8 Å². The minimum absolute atomic E-state index is 0.446. The molecule has 0 amide bonds. The van der Waals surface area contributed by atoms with Crippen LogP contribution in [0.25, 0.3) is 0 Å². The molecule has 2 aromatic rings. The molecule has 1 aliphatic rings. The first-order chi connectivity index (χ1) is 10.3. The molecule has 0 radical (unpaired) electrons. The van der Waals surface area contributed by atoms with Crippen LogP contribution in [0.15, 0.2) is 28.3 Å². The maximum atomic E-state index is 6.30. The normalized spacial score (nSPS) is 15.7. The molecule has 5 nitrogen and oxygen atoms in total. The molecule has 1 heterocycles. The number of rotatable bonds is 5. The molecule has 3 rings (SSSR count). The minimum Gasteiger partial charge on any atom is -0.316 e. The summed E-state index contributed by atoms with van der Waals surface area (Å²) in [6.45, 7) is 0.767. The second-order valence-corrected chi connectivity index (χ2v) is 6.68. The number of halogens is 1. The van der Waals surface area contributed by atoms with Gasteiger partial charge >= 0.3 is 0 Å². The molecule has 1 saturated carbocycles. The molecule has 21 heavy (non-hydrogen) atoms. The van der Waals surface area contributed by atoms with E-state index in [9.17, 15) is 0 Å². The number of benzene rings is 1. The molecule has 0 unspecified atom stereocenters. The first kappa shape index (κ1) is 14.8. The fourth-order valence-electron chi connectivity index (χ4n) is 2.66. The second-order valence-electron chi connectivity index (χ2n) is 5.23. The summed E-state index contributed by atoms with van der Waals surface area (Å²) < 4.78 is 1.97. The summed E-state index contributed by atoms with van der Waals surface area (Å²) in [4.78, 5) is 1.06. The average molecular weight is 324 g/mol. The number of nitrogens with one attached hydrogen (secondary N) is 1. The van der Waals surface area contributed by atoms with E-state index >= 15 is 0 Å². The predicted octanol–water partition coefficient (Wildman–Crippen LogP) is 3.31. The van der Waals surface area contributed by atoms with Gasteiger partial charge in [-0.05, 0) is 59.8 Å². The third-order valence-corrected chi connectivity index (χ3v) is 5.03. The minimum atomic E-state index is 0.446. The lowest BCUT2D eigenvalue weighted by atomic mass is 10.2. The van der Waals surface area contributed by atoms with E-state index in [0.29, 0.717) is 6.04 Å². The van der Waals surface area contributed by atoms with Gasteiger partial charge in [0.25, 0.3) is 0 Å². The van der Waals surface area contributed by atoms with Crippen LogP contribution in [0, 0.1) is 0 Å². The Kier molecular flexibility index (Phi) is 4.77. The predicted molar refractivity (Wildman–Crippen MR) is 83.7 cm³/mol. The zero-order chi connectivity index (χ0) is 14.7. The molecular weight excluding hydrogens is 306 g/mol. The number of nitrogens with zero attached hydrogens (tertiary/aromatic N) is 4. The molecule has 0 spiro atoms. The highest BCUT2D eigenvalue weighted by molar-refractivity contribution is 7.99. The van der Waals surface area contributed by atoms with E-state index in [0.717, 1.165) is 27.2 Å². The number of tetrazole rings is 1. The van der Waals surface area contributed by atoms with Gasteiger partial charge in [-0.1, -0.05) is 30.5 Å². The molecule has 0 bridgehead atoms. The van der Waals surface area contributed by atoms with Crippen molar-refractivity contribution in [3.8, 4) is 0 Å². The fourth-order valence-corrected chi connectivity index (χ4v) is 3.85. The summed E-state index contributed by atoms with van der Waals surface area (Å²) >= 11 is 7.87. The van der Waals surface area contributed by atoms with Crippen molar-refractivity contribution in [2.24, 2.45) is 0 Å². The van der Waals surface area contributed by atoms with Crippen LogP contribution in [0.5, 0.6) is 0 Å². The molecule has 1 aliphatic carbocycles. The summed E-state index contributed by atoms with van der Waals surface area (Å²) in [5, 5.41) is 16.9. The van der Waals surface area contributed by atoms with Gasteiger partial charge in [0.1, 0.15) is 0 Å². The van der Waals surface area contributed by atoms with Gasteiger partial charge < -0.3 is 5.32 Å². The van der Waals surface area contributed by atoms with Crippen LogP contribution >= 0.6 is 23.4 Å². The van der Waals surface area contributed by atoms with Crippen molar-refractivity contribution in [1.82, 2.24) is 25.5 Å². The zero-order valence-corrected chi connectivity index (χ0v) is 13.5. The topological polar surface area (TPSA) is 55.6 Å². The summed E-state index contributed by atoms with van der Waals surface area (Å²) in [5.41, 5.74) is 1.10. The third kappa shape index (κ3) is 3.39. The van der Waals surface area contributed by atoms with Crippen LogP contribution in [-0.2, 0) is 6.54 Å². The van der Waals surface area contributed by atoms with Crippen LogP contribution in [0.1, 0.15) is 37.3 Å². The van der Waals surface area contributed by atoms with E-state index in [4.69, 9.17) is 11.6 Å². The van der Waals surface area contributed by atoms with Gasteiger partial charge in [0.15, 0.2) is 0 Å². The van der Waals surface area contributed by atoms with E-state index in [-0.39, 0.29) is 0 Å². The Labute approximate surface area is 133 Å². The summed E-state index contributed by atoms with van der Waals surface area (Å²) in [6.07, 6.45) is 4.86. The third-order valence-electron chi connectivity index (χ3n) is 3.73. The zero-order valence-electron chi connectivity index (χ0n) is 11.9. The molecule has 0 saturated heterocycles. The highest BCUT2D eigenvalue weighted by Gasteiger charge is 2.22. The Morgan fingerprint density at radius 1 is 1.38 bits per heavy atom.